The van der Waals surface area contributed by atoms with Crippen LogP contribution in [0.15, 0.2) is 48.5 Å². The van der Waals surface area contributed by atoms with Gasteiger partial charge in [0.25, 0.3) is 5.91 Å². The molecule has 0 aliphatic heterocycles. The highest BCUT2D eigenvalue weighted by Gasteiger charge is 2.07. The third kappa shape index (κ3) is 3.42. The van der Waals surface area contributed by atoms with Crippen LogP contribution in [0.5, 0.6) is 0 Å². The van der Waals surface area contributed by atoms with Crippen molar-refractivity contribution in [1.29, 1.82) is 0 Å². The van der Waals surface area contributed by atoms with Crippen molar-refractivity contribution in [1.82, 2.24) is 0 Å². The second kappa shape index (κ2) is 5.67. The van der Waals surface area contributed by atoms with Gasteiger partial charge in [-0.1, -0.05) is 29.8 Å². The first-order chi connectivity index (χ1) is 9.06. The summed E-state index contributed by atoms with van der Waals surface area (Å²) in [6, 6.07) is 15.1. The Balaban J connectivity index is 2.17. The molecule has 0 saturated carbocycles. The van der Waals surface area contributed by atoms with Crippen molar-refractivity contribution < 1.29 is 4.79 Å². The largest absolute Gasteiger partial charge is 0.324 e. The van der Waals surface area contributed by atoms with E-state index in [-0.39, 0.29) is 11.9 Å². The van der Waals surface area contributed by atoms with Gasteiger partial charge in [-0.2, -0.15) is 0 Å². The molecule has 0 radical (unpaired) electrons. The van der Waals surface area contributed by atoms with E-state index in [0.717, 1.165) is 16.8 Å². The minimum atomic E-state index is -0.106. The van der Waals surface area contributed by atoms with E-state index in [1.807, 2.05) is 56.3 Å². The van der Waals surface area contributed by atoms with Crippen LogP contribution in [-0.2, 0) is 0 Å². The second-order valence-electron chi connectivity index (χ2n) is 4.74. The highest BCUT2D eigenvalue weighted by Crippen LogP contribution is 2.16. The number of rotatable bonds is 3. The van der Waals surface area contributed by atoms with Gasteiger partial charge in [0.15, 0.2) is 0 Å². The van der Waals surface area contributed by atoms with E-state index in [1.165, 1.54) is 0 Å². The quantitative estimate of drug-likeness (QED) is 0.883. The zero-order chi connectivity index (χ0) is 13.8. The highest BCUT2D eigenvalue weighted by molar-refractivity contribution is 6.04. The van der Waals surface area contributed by atoms with E-state index in [1.54, 1.807) is 6.07 Å². The predicted molar refractivity (Wildman–Crippen MR) is 78.2 cm³/mol. The molecular formula is C16H18N2O. The molecule has 0 bridgehead atoms. The number of amides is 1. The van der Waals surface area contributed by atoms with Gasteiger partial charge in [0, 0.05) is 17.3 Å². The molecule has 0 fully saturated rings. The normalized spacial score (nSPS) is 11.9. The molecule has 1 unspecified atom stereocenters. The lowest BCUT2D eigenvalue weighted by Crippen LogP contribution is -2.13. The first kappa shape index (κ1) is 13.3. The Morgan fingerprint density at radius 1 is 1.16 bits per heavy atom. The van der Waals surface area contributed by atoms with Crippen LogP contribution in [0.3, 0.4) is 0 Å². The third-order valence-electron chi connectivity index (χ3n) is 2.95. The van der Waals surface area contributed by atoms with Gasteiger partial charge in [-0.15, -0.1) is 0 Å². The van der Waals surface area contributed by atoms with E-state index in [0.29, 0.717) is 5.56 Å². The van der Waals surface area contributed by atoms with Gasteiger partial charge < -0.3 is 11.1 Å². The van der Waals surface area contributed by atoms with Crippen LogP contribution in [0.25, 0.3) is 0 Å². The fourth-order valence-corrected chi connectivity index (χ4v) is 1.89. The molecule has 3 nitrogen and oxygen atoms in total. The Kier molecular flexibility index (Phi) is 3.97. The Bertz CT molecular complexity index is 591. The summed E-state index contributed by atoms with van der Waals surface area (Å²) >= 11 is 0. The summed E-state index contributed by atoms with van der Waals surface area (Å²) in [5, 5.41) is 2.89. The van der Waals surface area contributed by atoms with Crippen molar-refractivity contribution in [2.24, 2.45) is 5.73 Å². The van der Waals surface area contributed by atoms with Gasteiger partial charge in [-0.3, -0.25) is 4.79 Å². The monoisotopic (exact) mass is 254 g/mol. The summed E-state index contributed by atoms with van der Waals surface area (Å²) in [4.78, 5) is 12.1. The molecule has 1 amide bonds. The van der Waals surface area contributed by atoms with Crippen molar-refractivity contribution in [3.63, 3.8) is 0 Å². The smallest absolute Gasteiger partial charge is 0.255 e. The van der Waals surface area contributed by atoms with Gasteiger partial charge in [0.1, 0.15) is 0 Å². The van der Waals surface area contributed by atoms with Crippen LogP contribution in [0.4, 0.5) is 5.69 Å². The maximum Gasteiger partial charge on any atom is 0.255 e. The first-order valence-corrected chi connectivity index (χ1v) is 6.30. The molecule has 98 valence electrons. The van der Waals surface area contributed by atoms with E-state index in [9.17, 15) is 4.79 Å². The summed E-state index contributed by atoms with van der Waals surface area (Å²) in [5.74, 6) is -0.106. The van der Waals surface area contributed by atoms with Gasteiger partial charge >= 0.3 is 0 Å². The Labute approximate surface area is 113 Å². The number of hydrogen-bond donors (Lipinski definition) is 2. The fraction of sp³-hybridized carbons (Fsp3) is 0.188. The zero-order valence-corrected chi connectivity index (χ0v) is 11.2. The number of nitrogens with one attached hydrogen (secondary N) is 1. The minimum Gasteiger partial charge on any atom is -0.324 e. The molecule has 0 saturated heterocycles. The molecule has 19 heavy (non-hydrogen) atoms. The molecule has 0 aliphatic rings. The Morgan fingerprint density at radius 2 is 1.89 bits per heavy atom. The van der Waals surface area contributed by atoms with Gasteiger partial charge in [0.2, 0.25) is 0 Å². The molecular weight excluding hydrogens is 236 g/mol. The van der Waals surface area contributed by atoms with Crippen LogP contribution < -0.4 is 11.1 Å². The molecule has 0 spiro atoms. The lowest BCUT2D eigenvalue weighted by atomic mass is 10.1. The number of carbonyl (C=O) groups is 1. The van der Waals surface area contributed by atoms with Crippen molar-refractivity contribution in [2.45, 2.75) is 19.9 Å². The van der Waals surface area contributed by atoms with Crippen molar-refractivity contribution >= 4 is 11.6 Å². The van der Waals surface area contributed by atoms with Crippen LogP contribution >= 0.6 is 0 Å². The third-order valence-corrected chi connectivity index (χ3v) is 2.95. The predicted octanol–water partition coefficient (Wildman–Crippen LogP) is 3.27. The van der Waals surface area contributed by atoms with E-state index in [2.05, 4.69) is 5.32 Å². The molecule has 3 heteroatoms. The SMILES string of the molecule is Cc1cccc(C(=O)Nc2cccc(C(C)N)c2)c1. The van der Waals surface area contributed by atoms with Gasteiger partial charge in [-0.05, 0) is 43.7 Å². The van der Waals surface area contributed by atoms with Crippen LogP contribution in [0, 0.1) is 6.92 Å². The summed E-state index contributed by atoms with van der Waals surface area (Å²) in [6.45, 7) is 3.88. The molecule has 2 aromatic carbocycles. The number of benzene rings is 2. The first-order valence-electron chi connectivity index (χ1n) is 6.30. The number of anilines is 1. The zero-order valence-electron chi connectivity index (χ0n) is 11.2. The highest BCUT2D eigenvalue weighted by atomic mass is 16.1. The van der Waals surface area contributed by atoms with E-state index < -0.39 is 0 Å². The maximum absolute atomic E-state index is 12.1. The average molecular weight is 254 g/mol. The molecule has 2 rings (SSSR count). The van der Waals surface area contributed by atoms with Gasteiger partial charge in [-0.25, -0.2) is 0 Å². The summed E-state index contributed by atoms with van der Waals surface area (Å²) in [7, 11) is 0. The molecule has 2 aromatic rings. The van der Waals surface area contributed by atoms with Gasteiger partial charge in [0.05, 0.1) is 0 Å². The standard InChI is InChI=1S/C16H18N2O/c1-11-5-3-7-14(9-11)16(19)18-15-8-4-6-13(10-15)12(2)17/h3-10,12H,17H2,1-2H3,(H,18,19). The second-order valence-corrected chi connectivity index (χ2v) is 4.74. The molecule has 0 aliphatic carbocycles. The van der Waals surface area contributed by atoms with Crippen molar-refractivity contribution in [2.75, 3.05) is 5.32 Å². The number of aryl methyl sites for hydroxylation is 1. The maximum atomic E-state index is 12.1. The summed E-state index contributed by atoms with van der Waals surface area (Å²) < 4.78 is 0. The van der Waals surface area contributed by atoms with Crippen LogP contribution in [-0.4, -0.2) is 5.91 Å². The van der Waals surface area contributed by atoms with Crippen LogP contribution in [0.1, 0.15) is 34.5 Å². The van der Waals surface area contributed by atoms with E-state index >= 15 is 0 Å². The average Bonchev–Trinajstić information content (AvgIpc) is 2.39. The Morgan fingerprint density at radius 3 is 2.58 bits per heavy atom. The van der Waals surface area contributed by atoms with Crippen molar-refractivity contribution in [3.05, 3.63) is 65.2 Å². The van der Waals surface area contributed by atoms with Crippen molar-refractivity contribution in [3.8, 4) is 0 Å². The molecule has 0 heterocycles. The molecule has 1 atom stereocenters. The van der Waals surface area contributed by atoms with E-state index in [4.69, 9.17) is 5.73 Å². The number of hydrogen-bond acceptors (Lipinski definition) is 2. The van der Waals surface area contributed by atoms with Crippen LogP contribution in [0.2, 0.25) is 0 Å². The topological polar surface area (TPSA) is 55.1 Å². The molecule has 0 aromatic heterocycles. The fourth-order valence-electron chi connectivity index (χ4n) is 1.89. The summed E-state index contributed by atoms with van der Waals surface area (Å²) in [5.41, 5.74) is 9.32. The Hall–Kier alpha value is -2.13. The number of nitrogens with two attached hydrogens (primary N) is 1. The summed E-state index contributed by atoms with van der Waals surface area (Å²) in [6.07, 6.45) is 0. The minimum absolute atomic E-state index is 0.0455. The number of carbonyl (C=O) groups excluding carboxylic acids is 1. The lowest BCUT2D eigenvalue weighted by molar-refractivity contribution is 0.102. The molecule has 3 N–H and O–H groups in total. The lowest BCUT2D eigenvalue weighted by Gasteiger charge is -2.10.